The SMILES string of the molecule is Cn1cc(NC(=O)C2(C)CCCN2)ccc1=O. The number of hydrogen-bond donors (Lipinski definition) is 2. The van der Waals surface area contributed by atoms with E-state index in [1.54, 1.807) is 19.3 Å². The molecular formula is C12H17N3O2. The summed E-state index contributed by atoms with van der Waals surface area (Å²) in [5.41, 5.74) is 0.0644. The van der Waals surface area contributed by atoms with Crippen molar-refractivity contribution in [3.05, 3.63) is 28.7 Å². The summed E-state index contributed by atoms with van der Waals surface area (Å²) in [6.45, 7) is 2.77. The molecule has 0 bridgehead atoms. The predicted molar refractivity (Wildman–Crippen MR) is 66.0 cm³/mol. The Morgan fingerprint density at radius 1 is 1.53 bits per heavy atom. The van der Waals surface area contributed by atoms with Crippen LogP contribution < -0.4 is 16.2 Å². The Bertz CT molecular complexity index is 487. The van der Waals surface area contributed by atoms with Crippen LogP contribution in [0, 0.1) is 0 Å². The summed E-state index contributed by atoms with van der Waals surface area (Å²) in [4.78, 5) is 23.3. The van der Waals surface area contributed by atoms with Crippen molar-refractivity contribution in [3.63, 3.8) is 0 Å². The Hall–Kier alpha value is -1.62. The summed E-state index contributed by atoms with van der Waals surface area (Å²) in [7, 11) is 1.66. The predicted octanol–water partition coefficient (Wildman–Crippen LogP) is 0.466. The summed E-state index contributed by atoms with van der Waals surface area (Å²) in [6, 6.07) is 3.07. The van der Waals surface area contributed by atoms with Gasteiger partial charge in [-0.15, -0.1) is 0 Å². The Morgan fingerprint density at radius 3 is 2.88 bits per heavy atom. The molecule has 0 saturated carbocycles. The zero-order valence-corrected chi connectivity index (χ0v) is 10.1. The molecule has 1 aromatic heterocycles. The lowest BCUT2D eigenvalue weighted by molar-refractivity contribution is -0.121. The number of pyridine rings is 1. The molecule has 1 aromatic rings. The molecule has 1 aliphatic rings. The number of anilines is 1. The van der Waals surface area contributed by atoms with Crippen molar-refractivity contribution >= 4 is 11.6 Å². The van der Waals surface area contributed by atoms with Crippen molar-refractivity contribution in [2.45, 2.75) is 25.3 Å². The largest absolute Gasteiger partial charge is 0.323 e. The molecule has 2 heterocycles. The zero-order valence-electron chi connectivity index (χ0n) is 10.1. The Morgan fingerprint density at radius 2 is 2.29 bits per heavy atom. The van der Waals surface area contributed by atoms with Crippen LogP contribution in [0.25, 0.3) is 0 Å². The lowest BCUT2D eigenvalue weighted by Gasteiger charge is -2.23. The number of aromatic nitrogens is 1. The van der Waals surface area contributed by atoms with E-state index in [1.165, 1.54) is 10.6 Å². The first-order valence-corrected chi connectivity index (χ1v) is 5.74. The third-order valence-corrected chi connectivity index (χ3v) is 3.21. The number of aryl methyl sites for hydroxylation is 1. The first-order valence-electron chi connectivity index (χ1n) is 5.74. The van der Waals surface area contributed by atoms with Gasteiger partial charge in [-0.1, -0.05) is 0 Å². The average Bonchev–Trinajstić information content (AvgIpc) is 2.72. The number of carbonyl (C=O) groups excluding carboxylic acids is 1. The van der Waals surface area contributed by atoms with Crippen LogP contribution in [0.4, 0.5) is 5.69 Å². The van der Waals surface area contributed by atoms with Crippen LogP contribution in [0.1, 0.15) is 19.8 Å². The van der Waals surface area contributed by atoms with Crippen molar-refractivity contribution in [1.29, 1.82) is 0 Å². The molecule has 92 valence electrons. The Balaban J connectivity index is 2.13. The van der Waals surface area contributed by atoms with Gasteiger partial charge in [-0.05, 0) is 32.4 Å². The van der Waals surface area contributed by atoms with E-state index < -0.39 is 5.54 Å². The molecule has 1 unspecified atom stereocenters. The van der Waals surface area contributed by atoms with E-state index in [9.17, 15) is 9.59 Å². The van der Waals surface area contributed by atoms with E-state index in [-0.39, 0.29) is 11.5 Å². The standard InChI is InChI=1S/C12H17N3O2/c1-12(6-3-7-13-12)11(17)14-9-4-5-10(16)15(2)8-9/h4-5,8,13H,3,6-7H2,1-2H3,(H,14,17). The number of nitrogens with zero attached hydrogens (tertiary/aromatic N) is 1. The molecule has 2 N–H and O–H groups in total. The van der Waals surface area contributed by atoms with Crippen LogP contribution in [0.2, 0.25) is 0 Å². The molecule has 5 heteroatoms. The zero-order chi connectivity index (χ0) is 12.5. The van der Waals surface area contributed by atoms with Crippen LogP contribution in [-0.2, 0) is 11.8 Å². The van der Waals surface area contributed by atoms with E-state index in [2.05, 4.69) is 10.6 Å². The molecular weight excluding hydrogens is 218 g/mol. The van der Waals surface area contributed by atoms with E-state index in [1.807, 2.05) is 6.92 Å². The minimum absolute atomic E-state index is 0.0475. The molecule has 1 aliphatic heterocycles. The second kappa shape index (κ2) is 4.33. The molecule has 2 rings (SSSR count). The van der Waals surface area contributed by atoms with E-state index in [4.69, 9.17) is 0 Å². The van der Waals surface area contributed by atoms with Crippen molar-refractivity contribution in [2.75, 3.05) is 11.9 Å². The van der Waals surface area contributed by atoms with Crippen molar-refractivity contribution < 1.29 is 4.79 Å². The van der Waals surface area contributed by atoms with Gasteiger partial charge in [0.2, 0.25) is 11.5 Å². The Labute approximate surface area is 99.8 Å². The fourth-order valence-electron chi connectivity index (χ4n) is 2.03. The van der Waals surface area contributed by atoms with Crippen molar-refractivity contribution in [3.8, 4) is 0 Å². The van der Waals surface area contributed by atoms with Crippen LogP contribution in [0.15, 0.2) is 23.1 Å². The highest BCUT2D eigenvalue weighted by Crippen LogP contribution is 2.20. The second-order valence-corrected chi connectivity index (χ2v) is 4.68. The topological polar surface area (TPSA) is 63.1 Å². The maximum absolute atomic E-state index is 12.1. The minimum atomic E-state index is -0.491. The van der Waals surface area contributed by atoms with E-state index >= 15 is 0 Å². The van der Waals surface area contributed by atoms with Gasteiger partial charge in [-0.3, -0.25) is 9.59 Å². The van der Waals surface area contributed by atoms with Crippen molar-refractivity contribution in [2.24, 2.45) is 7.05 Å². The van der Waals surface area contributed by atoms with Crippen LogP contribution in [0.3, 0.4) is 0 Å². The lowest BCUT2D eigenvalue weighted by Crippen LogP contribution is -2.48. The molecule has 5 nitrogen and oxygen atoms in total. The number of hydrogen-bond acceptors (Lipinski definition) is 3. The fraction of sp³-hybridized carbons (Fsp3) is 0.500. The molecule has 0 aliphatic carbocycles. The monoisotopic (exact) mass is 235 g/mol. The minimum Gasteiger partial charge on any atom is -0.323 e. The molecule has 0 radical (unpaired) electrons. The highest BCUT2D eigenvalue weighted by molar-refractivity contribution is 5.97. The molecule has 1 atom stereocenters. The fourth-order valence-corrected chi connectivity index (χ4v) is 2.03. The molecule has 1 amide bonds. The first-order chi connectivity index (χ1) is 8.01. The average molecular weight is 235 g/mol. The second-order valence-electron chi connectivity index (χ2n) is 4.68. The Kier molecular flexibility index (Phi) is 3.02. The third kappa shape index (κ3) is 2.39. The summed E-state index contributed by atoms with van der Waals surface area (Å²) < 4.78 is 1.44. The molecule has 17 heavy (non-hydrogen) atoms. The normalized spacial score (nSPS) is 23.6. The van der Waals surface area contributed by atoms with Gasteiger partial charge < -0.3 is 15.2 Å². The number of amides is 1. The highest BCUT2D eigenvalue weighted by Gasteiger charge is 2.35. The summed E-state index contributed by atoms with van der Waals surface area (Å²) in [5, 5.41) is 6.03. The van der Waals surface area contributed by atoms with Gasteiger partial charge in [0, 0.05) is 19.3 Å². The van der Waals surface area contributed by atoms with Gasteiger partial charge in [0.05, 0.1) is 11.2 Å². The first kappa shape index (κ1) is 11.9. The molecule has 0 aromatic carbocycles. The smallest absolute Gasteiger partial charge is 0.250 e. The van der Waals surface area contributed by atoms with Gasteiger partial charge in [0.1, 0.15) is 0 Å². The van der Waals surface area contributed by atoms with Gasteiger partial charge in [-0.2, -0.15) is 0 Å². The molecule has 0 spiro atoms. The van der Waals surface area contributed by atoms with E-state index in [0.717, 1.165) is 19.4 Å². The van der Waals surface area contributed by atoms with Gasteiger partial charge in [0.15, 0.2) is 0 Å². The van der Waals surface area contributed by atoms with Gasteiger partial charge in [-0.25, -0.2) is 0 Å². The lowest BCUT2D eigenvalue weighted by atomic mass is 9.99. The number of nitrogens with one attached hydrogen (secondary N) is 2. The van der Waals surface area contributed by atoms with Crippen molar-refractivity contribution in [1.82, 2.24) is 9.88 Å². The highest BCUT2D eigenvalue weighted by atomic mass is 16.2. The number of rotatable bonds is 2. The summed E-state index contributed by atoms with van der Waals surface area (Å²) in [5.74, 6) is -0.0475. The molecule has 1 saturated heterocycles. The van der Waals surface area contributed by atoms with Crippen LogP contribution in [-0.4, -0.2) is 22.6 Å². The molecule has 1 fully saturated rings. The van der Waals surface area contributed by atoms with E-state index in [0.29, 0.717) is 5.69 Å². The van der Waals surface area contributed by atoms with Gasteiger partial charge in [0.25, 0.3) is 0 Å². The summed E-state index contributed by atoms with van der Waals surface area (Å²) >= 11 is 0. The van der Waals surface area contributed by atoms with Crippen LogP contribution in [0.5, 0.6) is 0 Å². The maximum Gasteiger partial charge on any atom is 0.250 e. The van der Waals surface area contributed by atoms with Crippen LogP contribution >= 0.6 is 0 Å². The maximum atomic E-state index is 12.1. The number of carbonyl (C=O) groups is 1. The summed E-state index contributed by atoms with van der Waals surface area (Å²) in [6.07, 6.45) is 3.47. The third-order valence-electron chi connectivity index (χ3n) is 3.21. The van der Waals surface area contributed by atoms with Gasteiger partial charge >= 0.3 is 0 Å². The quantitative estimate of drug-likeness (QED) is 0.783.